The maximum Gasteiger partial charge on any atom is 0.309 e. The molecule has 0 aliphatic carbocycles. The number of hydrogen-bond donors (Lipinski definition) is 0. The predicted octanol–water partition coefficient (Wildman–Crippen LogP) is 2.19. The Balaban J connectivity index is 3.68. The minimum Gasteiger partial charge on any atom is -0.462 e. The van der Waals surface area contributed by atoms with Crippen molar-refractivity contribution in [1.82, 2.24) is 0 Å². The van der Waals surface area contributed by atoms with Crippen LogP contribution in [0.15, 0.2) is 0 Å². The van der Waals surface area contributed by atoms with E-state index in [2.05, 4.69) is 6.92 Å². The molecule has 0 aliphatic heterocycles. The first-order valence-corrected chi connectivity index (χ1v) is 4.15. The first-order valence-electron chi connectivity index (χ1n) is 4.15. The maximum absolute atomic E-state index is 11.1. The summed E-state index contributed by atoms with van der Waals surface area (Å²) in [5.41, 5.74) is 0. The van der Waals surface area contributed by atoms with Gasteiger partial charge in [0, 0.05) is 0 Å². The zero-order valence-corrected chi connectivity index (χ0v) is 7.59. The van der Waals surface area contributed by atoms with Crippen LogP contribution in [-0.2, 0) is 9.53 Å². The number of ether oxygens (including phenoxy) is 1. The van der Waals surface area contributed by atoms with Gasteiger partial charge in [-0.15, -0.1) is 0 Å². The second-order valence-electron chi connectivity index (χ2n) is 2.76. The van der Waals surface area contributed by atoms with E-state index in [4.69, 9.17) is 4.74 Å². The zero-order chi connectivity index (χ0) is 8.85. The molecule has 0 aromatic carbocycles. The highest BCUT2D eigenvalue weighted by Crippen LogP contribution is 2.06. The number of carbonyl (C=O) groups excluding carboxylic acids is 1. The summed E-state index contributed by atoms with van der Waals surface area (Å²) >= 11 is 0. The van der Waals surface area contributed by atoms with Crippen molar-refractivity contribution in [2.24, 2.45) is 5.92 Å². The van der Waals surface area contributed by atoms with Crippen LogP contribution in [0.1, 0.15) is 33.6 Å². The second-order valence-corrected chi connectivity index (χ2v) is 2.76. The Bertz CT molecular complexity index is 121. The number of rotatable bonds is 4. The smallest absolute Gasteiger partial charge is 0.309 e. The molecule has 0 amide bonds. The molecule has 2 heteroatoms. The topological polar surface area (TPSA) is 26.3 Å². The standard InChI is InChI=1S/C9H17O2/c1-5-7(3)9(10)11-8(4)6-2/h7-8H,3,5-6H2,1-2,4H3. The van der Waals surface area contributed by atoms with E-state index in [-0.39, 0.29) is 18.0 Å². The number of carbonyl (C=O) groups is 1. The molecule has 11 heavy (non-hydrogen) atoms. The van der Waals surface area contributed by atoms with Crippen molar-refractivity contribution in [3.8, 4) is 0 Å². The third-order valence-electron chi connectivity index (χ3n) is 1.72. The van der Waals surface area contributed by atoms with E-state index in [0.717, 1.165) is 12.8 Å². The summed E-state index contributed by atoms with van der Waals surface area (Å²) in [4.78, 5) is 11.1. The summed E-state index contributed by atoms with van der Waals surface area (Å²) < 4.78 is 5.05. The summed E-state index contributed by atoms with van der Waals surface area (Å²) in [5.74, 6) is -0.383. The van der Waals surface area contributed by atoms with Crippen LogP contribution in [0.3, 0.4) is 0 Å². The molecule has 65 valence electrons. The van der Waals surface area contributed by atoms with Crippen LogP contribution in [0.25, 0.3) is 0 Å². The Labute approximate surface area is 68.9 Å². The van der Waals surface area contributed by atoms with Gasteiger partial charge in [0.1, 0.15) is 0 Å². The third-order valence-corrected chi connectivity index (χ3v) is 1.72. The van der Waals surface area contributed by atoms with Crippen LogP contribution in [0, 0.1) is 12.8 Å². The fourth-order valence-corrected chi connectivity index (χ4v) is 0.545. The molecule has 2 atom stereocenters. The van der Waals surface area contributed by atoms with Crippen LogP contribution in [0.2, 0.25) is 0 Å². The third kappa shape index (κ3) is 4.02. The van der Waals surface area contributed by atoms with Crippen molar-refractivity contribution >= 4 is 5.97 Å². The van der Waals surface area contributed by atoms with Gasteiger partial charge in [-0.1, -0.05) is 13.8 Å². The Hall–Kier alpha value is -0.530. The Morgan fingerprint density at radius 1 is 1.45 bits per heavy atom. The molecule has 2 unspecified atom stereocenters. The van der Waals surface area contributed by atoms with Gasteiger partial charge in [0.15, 0.2) is 0 Å². The molecule has 0 saturated heterocycles. The van der Waals surface area contributed by atoms with Gasteiger partial charge in [-0.2, -0.15) is 0 Å². The van der Waals surface area contributed by atoms with Gasteiger partial charge in [-0.3, -0.25) is 4.79 Å². The summed E-state index contributed by atoms with van der Waals surface area (Å²) in [7, 11) is 0. The molecule has 0 N–H and O–H groups in total. The zero-order valence-electron chi connectivity index (χ0n) is 7.59. The normalized spacial score (nSPS) is 15.6. The molecule has 0 saturated carbocycles. The number of esters is 1. The van der Waals surface area contributed by atoms with Gasteiger partial charge in [-0.05, 0) is 26.7 Å². The first kappa shape index (κ1) is 10.5. The minimum absolute atomic E-state index is 0.0262. The van der Waals surface area contributed by atoms with Crippen LogP contribution >= 0.6 is 0 Å². The Kier molecular flexibility index (Phi) is 4.92. The van der Waals surface area contributed by atoms with Crippen LogP contribution < -0.4 is 0 Å². The summed E-state index contributed by atoms with van der Waals surface area (Å²) in [6.45, 7) is 9.47. The Morgan fingerprint density at radius 3 is 2.36 bits per heavy atom. The quantitative estimate of drug-likeness (QED) is 0.585. The molecule has 0 bridgehead atoms. The van der Waals surface area contributed by atoms with Gasteiger partial charge in [-0.25, -0.2) is 0 Å². The fourth-order valence-electron chi connectivity index (χ4n) is 0.545. The molecule has 1 radical (unpaired) electrons. The summed E-state index contributed by atoms with van der Waals surface area (Å²) in [6.07, 6.45) is 1.63. The fraction of sp³-hybridized carbons (Fsp3) is 0.778. The first-order chi connectivity index (χ1) is 5.11. The van der Waals surface area contributed by atoms with Crippen LogP contribution in [-0.4, -0.2) is 12.1 Å². The molecule has 0 heterocycles. The van der Waals surface area contributed by atoms with Gasteiger partial charge >= 0.3 is 5.97 Å². The highest BCUT2D eigenvalue weighted by Gasteiger charge is 2.13. The van der Waals surface area contributed by atoms with Crippen molar-refractivity contribution in [3.63, 3.8) is 0 Å². The molecular weight excluding hydrogens is 140 g/mol. The lowest BCUT2D eigenvalue weighted by atomic mass is 10.1. The SMILES string of the molecule is [CH2]C(CC)C(=O)OC(C)CC. The van der Waals surface area contributed by atoms with E-state index >= 15 is 0 Å². The molecule has 0 fully saturated rings. The molecule has 2 nitrogen and oxygen atoms in total. The lowest BCUT2D eigenvalue weighted by Gasteiger charge is -2.13. The lowest BCUT2D eigenvalue weighted by molar-refractivity contribution is -0.151. The van der Waals surface area contributed by atoms with Crippen molar-refractivity contribution < 1.29 is 9.53 Å². The van der Waals surface area contributed by atoms with Gasteiger partial charge in [0.25, 0.3) is 0 Å². The monoisotopic (exact) mass is 157 g/mol. The molecular formula is C9H17O2. The highest BCUT2D eigenvalue weighted by atomic mass is 16.5. The molecule has 0 aliphatic rings. The van der Waals surface area contributed by atoms with Gasteiger partial charge in [0.05, 0.1) is 12.0 Å². The summed E-state index contributed by atoms with van der Waals surface area (Å²) in [6, 6.07) is 0. The minimum atomic E-state index is -0.205. The van der Waals surface area contributed by atoms with E-state index in [1.165, 1.54) is 0 Å². The molecule has 0 spiro atoms. The van der Waals surface area contributed by atoms with Crippen molar-refractivity contribution in [3.05, 3.63) is 6.92 Å². The van der Waals surface area contributed by atoms with E-state index in [1.54, 1.807) is 0 Å². The Morgan fingerprint density at radius 2 is 2.00 bits per heavy atom. The molecule has 0 rings (SSSR count). The van der Waals surface area contributed by atoms with E-state index < -0.39 is 0 Å². The second kappa shape index (κ2) is 5.16. The van der Waals surface area contributed by atoms with E-state index in [9.17, 15) is 4.79 Å². The van der Waals surface area contributed by atoms with E-state index in [1.807, 2.05) is 20.8 Å². The van der Waals surface area contributed by atoms with Crippen LogP contribution in [0.4, 0.5) is 0 Å². The number of hydrogen-bond acceptors (Lipinski definition) is 2. The highest BCUT2D eigenvalue weighted by molar-refractivity contribution is 5.73. The summed E-state index contributed by atoms with van der Waals surface area (Å²) in [5, 5.41) is 0. The van der Waals surface area contributed by atoms with Crippen molar-refractivity contribution in [2.75, 3.05) is 0 Å². The average molecular weight is 157 g/mol. The average Bonchev–Trinajstić information content (AvgIpc) is 2.02. The molecule has 0 aromatic rings. The van der Waals surface area contributed by atoms with Gasteiger partial charge < -0.3 is 4.74 Å². The molecule has 0 aromatic heterocycles. The van der Waals surface area contributed by atoms with Crippen LogP contribution in [0.5, 0.6) is 0 Å². The largest absolute Gasteiger partial charge is 0.462 e. The lowest BCUT2D eigenvalue weighted by Crippen LogP contribution is -2.19. The maximum atomic E-state index is 11.1. The van der Waals surface area contributed by atoms with Gasteiger partial charge in [0.2, 0.25) is 0 Å². The predicted molar refractivity (Wildman–Crippen MR) is 45.0 cm³/mol. The van der Waals surface area contributed by atoms with Crippen molar-refractivity contribution in [2.45, 2.75) is 39.7 Å². The van der Waals surface area contributed by atoms with E-state index in [0.29, 0.717) is 0 Å². The van der Waals surface area contributed by atoms with Crippen molar-refractivity contribution in [1.29, 1.82) is 0 Å².